The van der Waals surface area contributed by atoms with Gasteiger partial charge in [-0.15, -0.1) is 0 Å². The molecule has 7 heteroatoms. The van der Waals surface area contributed by atoms with E-state index in [1.54, 1.807) is 12.1 Å². The summed E-state index contributed by atoms with van der Waals surface area (Å²) in [5.74, 6) is 4.94. The van der Waals surface area contributed by atoms with Gasteiger partial charge in [-0.2, -0.15) is 0 Å². The molecular formula is C14H14BrFN4O. The summed E-state index contributed by atoms with van der Waals surface area (Å²) in [6.07, 6.45) is 0.669. The van der Waals surface area contributed by atoms with Gasteiger partial charge >= 0.3 is 0 Å². The number of carbonyl (C=O) groups is 1. The van der Waals surface area contributed by atoms with Crippen LogP contribution in [0.3, 0.4) is 0 Å². The lowest BCUT2D eigenvalue weighted by atomic mass is 10.1. The van der Waals surface area contributed by atoms with Crippen molar-refractivity contribution in [2.45, 2.75) is 13.3 Å². The van der Waals surface area contributed by atoms with E-state index in [0.29, 0.717) is 28.0 Å². The molecular weight excluding hydrogens is 339 g/mol. The van der Waals surface area contributed by atoms with E-state index in [0.717, 1.165) is 5.69 Å². The van der Waals surface area contributed by atoms with E-state index in [2.05, 4.69) is 31.7 Å². The van der Waals surface area contributed by atoms with E-state index >= 15 is 0 Å². The summed E-state index contributed by atoms with van der Waals surface area (Å²) < 4.78 is 13.8. The van der Waals surface area contributed by atoms with Gasteiger partial charge in [0.15, 0.2) is 0 Å². The highest BCUT2D eigenvalue weighted by Crippen LogP contribution is 2.20. The fourth-order valence-electron chi connectivity index (χ4n) is 1.75. The first-order valence-corrected chi connectivity index (χ1v) is 7.06. The Kier molecular flexibility index (Phi) is 4.87. The maximum absolute atomic E-state index is 13.4. The number of hydrazine groups is 1. The number of benzene rings is 1. The van der Waals surface area contributed by atoms with Crippen LogP contribution in [0.1, 0.15) is 23.0 Å². The van der Waals surface area contributed by atoms with Gasteiger partial charge < -0.3 is 10.7 Å². The van der Waals surface area contributed by atoms with Crippen molar-refractivity contribution in [3.8, 4) is 0 Å². The monoisotopic (exact) mass is 352 g/mol. The second-order valence-corrected chi connectivity index (χ2v) is 5.17. The van der Waals surface area contributed by atoms with Crippen LogP contribution in [0.25, 0.3) is 0 Å². The smallest absolute Gasteiger partial charge is 0.255 e. The molecule has 0 atom stereocenters. The number of hydrogen-bond acceptors (Lipinski definition) is 4. The van der Waals surface area contributed by atoms with Crippen molar-refractivity contribution >= 4 is 33.3 Å². The fraction of sp³-hybridized carbons (Fsp3) is 0.143. The lowest BCUT2D eigenvalue weighted by Crippen LogP contribution is -2.15. The molecule has 1 heterocycles. The second-order valence-electron chi connectivity index (χ2n) is 4.31. The average Bonchev–Trinajstić information content (AvgIpc) is 2.50. The Morgan fingerprint density at radius 1 is 1.38 bits per heavy atom. The van der Waals surface area contributed by atoms with Crippen molar-refractivity contribution < 1.29 is 9.18 Å². The molecule has 1 aromatic heterocycles. The molecule has 0 bridgehead atoms. The van der Waals surface area contributed by atoms with E-state index in [1.807, 2.05) is 6.92 Å². The summed E-state index contributed by atoms with van der Waals surface area (Å²) in [5.41, 5.74) is 3.93. The number of aromatic nitrogens is 1. The first-order valence-electron chi connectivity index (χ1n) is 6.27. The molecule has 2 aromatic rings. The molecule has 110 valence electrons. The van der Waals surface area contributed by atoms with E-state index < -0.39 is 5.82 Å². The molecule has 0 saturated carbocycles. The molecule has 1 amide bonds. The molecule has 0 fully saturated rings. The number of nitrogens with two attached hydrogens (primary N) is 1. The first kappa shape index (κ1) is 15.4. The van der Waals surface area contributed by atoms with E-state index in [1.165, 1.54) is 18.2 Å². The Bertz CT molecular complexity index is 656. The molecule has 0 aliphatic rings. The topological polar surface area (TPSA) is 80.0 Å². The van der Waals surface area contributed by atoms with Crippen LogP contribution in [0, 0.1) is 5.82 Å². The zero-order chi connectivity index (χ0) is 15.4. The van der Waals surface area contributed by atoms with E-state index in [9.17, 15) is 9.18 Å². The maximum Gasteiger partial charge on any atom is 0.255 e. The zero-order valence-electron chi connectivity index (χ0n) is 11.3. The summed E-state index contributed by atoms with van der Waals surface area (Å²) in [4.78, 5) is 16.4. The van der Waals surface area contributed by atoms with Crippen LogP contribution in [-0.4, -0.2) is 10.9 Å². The number of rotatable bonds is 4. The molecule has 4 N–H and O–H groups in total. The van der Waals surface area contributed by atoms with Crippen molar-refractivity contribution in [3.05, 3.63) is 51.9 Å². The molecule has 0 aliphatic carbocycles. The van der Waals surface area contributed by atoms with Gasteiger partial charge in [0.1, 0.15) is 11.6 Å². The number of halogens is 2. The van der Waals surface area contributed by atoms with Crippen LogP contribution in [0.4, 0.5) is 15.9 Å². The first-order chi connectivity index (χ1) is 10.0. The van der Waals surface area contributed by atoms with Gasteiger partial charge in [-0.1, -0.05) is 6.92 Å². The van der Waals surface area contributed by atoms with Crippen molar-refractivity contribution in [1.82, 2.24) is 4.98 Å². The molecule has 0 spiro atoms. The molecule has 0 saturated heterocycles. The van der Waals surface area contributed by atoms with Crippen LogP contribution in [0.5, 0.6) is 0 Å². The summed E-state index contributed by atoms with van der Waals surface area (Å²) >= 11 is 3.06. The van der Waals surface area contributed by atoms with Crippen LogP contribution < -0.4 is 16.6 Å². The number of nitrogen functional groups attached to an aromatic ring is 1. The third-order valence-electron chi connectivity index (χ3n) is 2.83. The highest BCUT2D eigenvalue weighted by atomic mass is 79.9. The van der Waals surface area contributed by atoms with E-state index in [-0.39, 0.29) is 5.91 Å². The van der Waals surface area contributed by atoms with Gasteiger partial charge in [0.05, 0.1) is 4.47 Å². The quantitative estimate of drug-likeness (QED) is 0.583. The molecule has 5 nitrogen and oxygen atoms in total. The predicted molar refractivity (Wildman–Crippen MR) is 83.5 cm³/mol. The van der Waals surface area contributed by atoms with Crippen LogP contribution in [0.15, 0.2) is 34.8 Å². The highest BCUT2D eigenvalue weighted by molar-refractivity contribution is 9.10. The number of nitrogens with zero attached hydrogens (tertiary/aromatic N) is 1. The van der Waals surface area contributed by atoms with Crippen LogP contribution in [0.2, 0.25) is 0 Å². The normalized spacial score (nSPS) is 10.3. The summed E-state index contributed by atoms with van der Waals surface area (Å²) in [6.45, 7) is 1.93. The van der Waals surface area contributed by atoms with Crippen molar-refractivity contribution in [2.75, 3.05) is 10.7 Å². The average molecular weight is 353 g/mol. The second kappa shape index (κ2) is 6.64. The number of nitrogens with one attached hydrogen (secondary N) is 2. The summed E-state index contributed by atoms with van der Waals surface area (Å²) in [6, 6.07) is 7.58. The third kappa shape index (κ3) is 3.77. The fourth-order valence-corrected chi connectivity index (χ4v) is 2.00. The lowest BCUT2D eigenvalue weighted by Gasteiger charge is -2.09. The zero-order valence-corrected chi connectivity index (χ0v) is 12.9. The number of hydrogen-bond donors (Lipinski definition) is 3. The van der Waals surface area contributed by atoms with Gasteiger partial charge in [-0.3, -0.25) is 4.79 Å². The Balaban J connectivity index is 2.25. The van der Waals surface area contributed by atoms with Gasteiger partial charge in [0, 0.05) is 16.9 Å². The number of pyridine rings is 1. The molecule has 21 heavy (non-hydrogen) atoms. The summed E-state index contributed by atoms with van der Waals surface area (Å²) in [7, 11) is 0. The minimum absolute atomic E-state index is 0.340. The van der Waals surface area contributed by atoms with Gasteiger partial charge in [0.2, 0.25) is 0 Å². The van der Waals surface area contributed by atoms with Crippen molar-refractivity contribution in [3.63, 3.8) is 0 Å². The molecule has 2 rings (SSSR count). The van der Waals surface area contributed by atoms with Crippen molar-refractivity contribution in [1.29, 1.82) is 0 Å². The maximum atomic E-state index is 13.4. The number of amides is 1. The lowest BCUT2D eigenvalue weighted by molar-refractivity contribution is 0.102. The Morgan fingerprint density at radius 2 is 2.14 bits per heavy atom. The molecule has 0 aliphatic heterocycles. The SMILES string of the molecule is CCc1cc(C(=O)Nc2ccc(Br)c(F)c2)cc(NN)n1. The largest absolute Gasteiger partial charge is 0.322 e. The Hall–Kier alpha value is -1.99. The number of aryl methyl sites for hydroxylation is 1. The molecule has 1 aromatic carbocycles. The van der Waals surface area contributed by atoms with Crippen LogP contribution >= 0.6 is 15.9 Å². The summed E-state index contributed by atoms with van der Waals surface area (Å²) in [5, 5.41) is 2.63. The molecule has 0 unspecified atom stereocenters. The third-order valence-corrected chi connectivity index (χ3v) is 3.47. The van der Waals surface area contributed by atoms with Crippen molar-refractivity contribution in [2.24, 2.45) is 5.84 Å². The number of carbonyl (C=O) groups excluding carboxylic acids is 1. The Morgan fingerprint density at radius 3 is 2.76 bits per heavy atom. The standard InChI is InChI=1S/C14H14BrFN4O/c1-2-9-5-8(6-13(18-9)20-17)14(21)19-10-3-4-11(15)12(16)7-10/h3-7H,2,17H2,1H3,(H,18,20)(H,19,21). The molecule has 0 radical (unpaired) electrons. The van der Waals surface area contributed by atoms with Gasteiger partial charge in [-0.25, -0.2) is 15.2 Å². The minimum atomic E-state index is -0.443. The van der Waals surface area contributed by atoms with Gasteiger partial charge in [-0.05, 0) is 52.7 Å². The Labute approximate surface area is 129 Å². The highest BCUT2D eigenvalue weighted by Gasteiger charge is 2.10. The minimum Gasteiger partial charge on any atom is -0.322 e. The van der Waals surface area contributed by atoms with Gasteiger partial charge in [0.25, 0.3) is 5.91 Å². The number of anilines is 2. The predicted octanol–water partition coefficient (Wildman–Crippen LogP) is 3.08. The van der Waals surface area contributed by atoms with Crippen LogP contribution in [-0.2, 0) is 6.42 Å². The van der Waals surface area contributed by atoms with E-state index in [4.69, 9.17) is 5.84 Å².